The number of cyclic esters (lactones) is 1. The number of carbonyl (C=O) groups excluding carboxylic acids is 1. The molecule has 4 rings (SSSR count). The number of amides is 1. The van der Waals surface area contributed by atoms with Gasteiger partial charge in [0.15, 0.2) is 5.60 Å². The molecule has 4 nitrogen and oxygen atoms in total. The van der Waals surface area contributed by atoms with Crippen LogP contribution in [0.1, 0.15) is 16.7 Å². The summed E-state index contributed by atoms with van der Waals surface area (Å²) in [5.74, 6) is 6.18. The maximum atomic E-state index is 12.5. The van der Waals surface area contributed by atoms with Crippen molar-refractivity contribution in [2.24, 2.45) is 5.84 Å². The number of hydrogen-bond donors (Lipinski definition) is 1. The van der Waals surface area contributed by atoms with Crippen molar-refractivity contribution in [1.82, 2.24) is 5.01 Å². The molecule has 4 heteroatoms. The average Bonchev–Trinajstić information content (AvgIpc) is 2.96. The quantitative estimate of drug-likeness (QED) is 0.577. The van der Waals surface area contributed by atoms with E-state index in [2.05, 4.69) is 0 Å². The van der Waals surface area contributed by atoms with Gasteiger partial charge in [0.25, 0.3) is 0 Å². The lowest BCUT2D eigenvalue weighted by Crippen LogP contribution is -2.48. The lowest BCUT2D eigenvalue weighted by atomic mass is 9.78. The number of rotatable bonds is 4. The van der Waals surface area contributed by atoms with Crippen molar-refractivity contribution in [2.45, 2.75) is 18.1 Å². The highest BCUT2D eigenvalue weighted by atomic mass is 16.6. The summed E-state index contributed by atoms with van der Waals surface area (Å²) in [5, 5.41) is 1.23. The first-order valence-electron chi connectivity index (χ1n) is 8.63. The first-order valence-corrected chi connectivity index (χ1v) is 8.63. The molecule has 26 heavy (non-hydrogen) atoms. The van der Waals surface area contributed by atoms with Crippen molar-refractivity contribution < 1.29 is 9.53 Å². The van der Waals surface area contributed by atoms with Crippen LogP contribution in [-0.2, 0) is 16.8 Å². The molecule has 0 spiro atoms. The van der Waals surface area contributed by atoms with Gasteiger partial charge in [0.05, 0.1) is 0 Å². The summed E-state index contributed by atoms with van der Waals surface area (Å²) in [4.78, 5) is 12.5. The normalized spacial score (nSPS) is 18.6. The standard InChI is InChI=1S/C22H20N2O2/c23-24-20(16-17-10-4-1-5-11-17)22(26-21(24)25,18-12-6-2-7-13-18)19-14-8-3-9-15-19/h1-15,20H,16,23H2/t20-/m0/s1. The highest BCUT2D eigenvalue weighted by molar-refractivity contribution is 5.73. The van der Waals surface area contributed by atoms with Gasteiger partial charge in [-0.25, -0.2) is 15.6 Å². The van der Waals surface area contributed by atoms with Crippen LogP contribution in [0.25, 0.3) is 0 Å². The van der Waals surface area contributed by atoms with E-state index in [1.54, 1.807) is 0 Å². The van der Waals surface area contributed by atoms with Crippen LogP contribution >= 0.6 is 0 Å². The smallest absolute Gasteiger partial charge is 0.425 e. The Morgan fingerprint density at radius 3 is 1.77 bits per heavy atom. The fourth-order valence-corrected chi connectivity index (χ4v) is 3.70. The minimum atomic E-state index is -0.954. The molecule has 1 atom stereocenters. The fourth-order valence-electron chi connectivity index (χ4n) is 3.70. The van der Waals surface area contributed by atoms with E-state index in [-0.39, 0.29) is 6.04 Å². The molecule has 1 aliphatic heterocycles. The van der Waals surface area contributed by atoms with Crippen LogP contribution in [-0.4, -0.2) is 17.1 Å². The first-order chi connectivity index (χ1) is 12.7. The summed E-state index contributed by atoms with van der Waals surface area (Å²) in [7, 11) is 0. The zero-order chi connectivity index (χ0) is 18.0. The molecule has 1 fully saturated rings. The third-order valence-corrected chi connectivity index (χ3v) is 4.94. The summed E-state index contributed by atoms with van der Waals surface area (Å²) in [6.07, 6.45) is 0.0750. The van der Waals surface area contributed by atoms with E-state index in [1.165, 1.54) is 5.01 Å². The van der Waals surface area contributed by atoms with Gasteiger partial charge in [-0.2, -0.15) is 0 Å². The molecule has 0 aromatic heterocycles. The number of hydrogen-bond acceptors (Lipinski definition) is 3. The second-order valence-corrected chi connectivity index (χ2v) is 6.45. The van der Waals surface area contributed by atoms with Crippen molar-refractivity contribution in [3.05, 3.63) is 108 Å². The van der Waals surface area contributed by atoms with Crippen LogP contribution in [0.15, 0.2) is 91.0 Å². The lowest BCUT2D eigenvalue weighted by Gasteiger charge is -2.34. The monoisotopic (exact) mass is 344 g/mol. The molecule has 0 unspecified atom stereocenters. The van der Waals surface area contributed by atoms with Crippen molar-refractivity contribution in [1.29, 1.82) is 0 Å². The molecule has 1 amide bonds. The molecular weight excluding hydrogens is 324 g/mol. The van der Waals surface area contributed by atoms with Crippen molar-refractivity contribution in [3.8, 4) is 0 Å². The first kappa shape index (κ1) is 16.4. The molecule has 0 saturated carbocycles. The highest BCUT2D eigenvalue weighted by Crippen LogP contribution is 2.44. The number of nitrogens with two attached hydrogens (primary N) is 1. The van der Waals surface area contributed by atoms with Gasteiger partial charge in [-0.05, 0) is 12.0 Å². The van der Waals surface area contributed by atoms with Gasteiger partial charge in [0.1, 0.15) is 6.04 Å². The Hall–Kier alpha value is -3.11. The van der Waals surface area contributed by atoms with Gasteiger partial charge in [0.2, 0.25) is 0 Å². The SMILES string of the molecule is NN1C(=O)OC(c2ccccc2)(c2ccccc2)[C@@H]1Cc1ccccc1. The number of carbonyl (C=O) groups is 1. The molecule has 3 aromatic rings. The van der Waals surface area contributed by atoms with E-state index in [4.69, 9.17) is 10.6 Å². The molecule has 1 heterocycles. The van der Waals surface area contributed by atoms with E-state index in [0.29, 0.717) is 6.42 Å². The predicted molar refractivity (Wildman–Crippen MR) is 100 cm³/mol. The van der Waals surface area contributed by atoms with Crippen molar-refractivity contribution in [3.63, 3.8) is 0 Å². The Morgan fingerprint density at radius 1 is 0.808 bits per heavy atom. The molecule has 0 radical (unpaired) electrons. The highest BCUT2D eigenvalue weighted by Gasteiger charge is 2.55. The molecule has 1 saturated heterocycles. The molecule has 1 aliphatic rings. The largest absolute Gasteiger partial charge is 0.430 e. The number of nitrogens with zero attached hydrogens (tertiary/aromatic N) is 1. The lowest BCUT2D eigenvalue weighted by molar-refractivity contribution is 0.0674. The van der Waals surface area contributed by atoms with Crippen LogP contribution < -0.4 is 5.84 Å². The zero-order valence-corrected chi connectivity index (χ0v) is 14.3. The van der Waals surface area contributed by atoms with Crippen molar-refractivity contribution >= 4 is 6.09 Å². The van der Waals surface area contributed by atoms with Crippen LogP contribution in [0.2, 0.25) is 0 Å². The average molecular weight is 344 g/mol. The minimum Gasteiger partial charge on any atom is -0.430 e. The van der Waals surface area contributed by atoms with Crippen LogP contribution in [0.3, 0.4) is 0 Å². The summed E-state index contributed by atoms with van der Waals surface area (Å²) in [6.45, 7) is 0. The minimum absolute atomic E-state index is 0.359. The topological polar surface area (TPSA) is 55.6 Å². The molecule has 0 bridgehead atoms. The van der Waals surface area contributed by atoms with Crippen LogP contribution in [0.5, 0.6) is 0 Å². The number of hydrazine groups is 1. The molecule has 0 aliphatic carbocycles. The molecule has 3 aromatic carbocycles. The van der Waals surface area contributed by atoms with E-state index >= 15 is 0 Å². The van der Waals surface area contributed by atoms with Crippen LogP contribution in [0, 0.1) is 0 Å². The van der Waals surface area contributed by atoms with E-state index < -0.39 is 11.7 Å². The third kappa shape index (κ3) is 2.65. The molecule has 2 N–H and O–H groups in total. The van der Waals surface area contributed by atoms with Gasteiger partial charge in [-0.15, -0.1) is 0 Å². The fraction of sp³-hybridized carbons (Fsp3) is 0.136. The van der Waals surface area contributed by atoms with Crippen LogP contribution in [0.4, 0.5) is 4.79 Å². The maximum absolute atomic E-state index is 12.5. The Bertz CT molecular complexity index is 842. The molecular formula is C22H20N2O2. The summed E-state index contributed by atoms with van der Waals surface area (Å²) < 4.78 is 5.98. The second kappa shape index (κ2) is 6.65. The van der Waals surface area contributed by atoms with Gasteiger partial charge in [-0.3, -0.25) is 0 Å². The summed E-state index contributed by atoms with van der Waals surface area (Å²) in [6, 6.07) is 29.3. The van der Waals surface area contributed by atoms with Gasteiger partial charge >= 0.3 is 6.09 Å². The Balaban J connectivity index is 1.89. The van der Waals surface area contributed by atoms with Crippen molar-refractivity contribution in [2.75, 3.05) is 0 Å². The third-order valence-electron chi connectivity index (χ3n) is 4.94. The van der Waals surface area contributed by atoms with Gasteiger partial charge in [0, 0.05) is 11.1 Å². The Labute approximate surface area is 152 Å². The van der Waals surface area contributed by atoms with E-state index in [1.807, 2.05) is 91.0 Å². The van der Waals surface area contributed by atoms with E-state index in [0.717, 1.165) is 16.7 Å². The molecule has 130 valence electrons. The zero-order valence-electron chi connectivity index (χ0n) is 14.3. The maximum Gasteiger partial charge on any atom is 0.425 e. The second-order valence-electron chi connectivity index (χ2n) is 6.45. The van der Waals surface area contributed by atoms with Gasteiger partial charge in [-0.1, -0.05) is 91.0 Å². The number of benzene rings is 3. The predicted octanol–water partition coefficient (Wildman–Crippen LogP) is 3.87. The summed E-state index contributed by atoms with van der Waals surface area (Å²) in [5.41, 5.74) is 1.97. The summed E-state index contributed by atoms with van der Waals surface area (Å²) >= 11 is 0. The Morgan fingerprint density at radius 2 is 1.27 bits per heavy atom. The van der Waals surface area contributed by atoms with E-state index in [9.17, 15) is 4.79 Å². The Kier molecular flexibility index (Phi) is 4.19. The number of ether oxygens (including phenoxy) is 1. The van der Waals surface area contributed by atoms with Gasteiger partial charge < -0.3 is 4.74 Å².